The van der Waals surface area contributed by atoms with Gasteiger partial charge in [0.05, 0.1) is 5.60 Å². The summed E-state index contributed by atoms with van der Waals surface area (Å²) in [6.45, 7) is 2.25. The largest absolute Gasteiger partial charge is 0.390 e. The number of hydrogen-bond acceptors (Lipinski definition) is 1. The van der Waals surface area contributed by atoms with Crippen molar-refractivity contribution < 1.29 is 5.11 Å². The van der Waals surface area contributed by atoms with Gasteiger partial charge in [-0.3, -0.25) is 0 Å². The molecule has 0 saturated heterocycles. The molecule has 0 bridgehead atoms. The second-order valence-electron chi connectivity index (χ2n) is 3.88. The van der Waals surface area contributed by atoms with Gasteiger partial charge in [-0.25, -0.2) is 0 Å². The van der Waals surface area contributed by atoms with Crippen LogP contribution in [0.1, 0.15) is 32.6 Å². The van der Waals surface area contributed by atoms with E-state index in [0.29, 0.717) is 5.92 Å². The van der Waals surface area contributed by atoms with Gasteiger partial charge in [-0.05, 0) is 37.5 Å². The Bertz CT molecular complexity index is 133. The molecule has 3 unspecified atom stereocenters. The smallest absolute Gasteiger partial charge is 0.0678 e. The SMILES string of the molecule is CC1CC2CCC2(O)C1. The fourth-order valence-electron chi connectivity index (χ4n) is 2.46. The predicted octanol–water partition coefficient (Wildman–Crippen LogP) is 1.56. The van der Waals surface area contributed by atoms with Crippen molar-refractivity contribution >= 4 is 0 Å². The molecule has 3 atom stereocenters. The Morgan fingerprint density at radius 3 is 2.56 bits per heavy atom. The quantitative estimate of drug-likeness (QED) is 0.522. The molecular weight excluding hydrogens is 112 g/mol. The first-order valence-corrected chi connectivity index (χ1v) is 3.93. The lowest BCUT2D eigenvalue weighted by Gasteiger charge is -2.40. The van der Waals surface area contributed by atoms with E-state index < -0.39 is 0 Å². The third-order valence-corrected chi connectivity index (χ3v) is 3.07. The van der Waals surface area contributed by atoms with E-state index in [0.717, 1.165) is 18.8 Å². The highest BCUT2D eigenvalue weighted by atomic mass is 16.3. The summed E-state index contributed by atoms with van der Waals surface area (Å²) in [5.41, 5.74) is -0.195. The molecule has 0 radical (unpaired) electrons. The monoisotopic (exact) mass is 126 g/mol. The number of aliphatic hydroxyl groups is 1. The molecule has 2 aliphatic carbocycles. The van der Waals surface area contributed by atoms with Gasteiger partial charge in [0, 0.05) is 0 Å². The van der Waals surface area contributed by atoms with Crippen molar-refractivity contribution in [1.29, 1.82) is 0 Å². The minimum absolute atomic E-state index is 0.195. The van der Waals surface area contributed by atoms with Crippen LogP contribution in [0.3, 0.4) is 0 Å². The van der Waals surface area contributed by atoms with Crippen LogP contribution in [0.4, 0.5) is 0 Å². The summed E-state index contributed by atoms with van der Waals surface area (Å²) in [7, 11) is 0. The molecular formula is C8H14O. The van der Waals surface area contributed by atoms with Crippen LogP contribution in [0.25, 0.3) is 0 Å². The van der Waals surface area contributed by atoms with E-state index in [1.165, 1.54) is 12.8 Å². The van der Waals surface area contributed by atoms with Crippen molar-refractivity contribution in [2.24, 2.45) is 11.8 Å². The van der Waals surface area contributed by atoms with Crippen molar-refractivity contribution in [2.75, 3.05) is 0 Å². The van der Waals surface area contributed by atoms with E-state index in [1.807, 2.05) is 0 Å². The maximum Gasteiger partial charge on any atom is 0.0678 e. The Morgan fingerprint density at radius 2 is 2.33 bits per heavy atom. The molecule has 1 nitrogen and oxygen atoms in total. The second-order valence-corrected chi connectivity index (χ2v) is 3.88. The predicted molar refractivity (Wildman–Crippen MR) is 36.1 cm³/mol. The highest BCUT2D eigenvalue weighted by Crippen LogP contribution is 2.52. The summed E-state index contributed by atoms with van der Waals surface area (Å²) in [6, 6.07) is 0. The lowest BCUT2D eigenvalue weighted by Crippen LogP contribution is -2.42. The highest BCUT2D eigenvalue weighted by molar-refractivity contribution is 5.02. The van der Waals surface area contributed by atoms with Gasteiger partial charge in [0.25, 0.3) is 0 Å². The first-order chi connectivity index (χ1) is 4.21. The molecule has 0 aliphatic heterocycles. The van der Waals surface area contributed by atoms with Gasteiger partial charge in [0.15, 0.2) is 0 Å². The van der Waals surface area contributed by atoms with Crippen LogP contribution in [-0.2, 0) is 0 Å². The van der Waals surface area contributed by atoms with E-state index in [9.17, 15) is 5.11 Å². The molecule has 2 aliphatic rings. The topological polar surface area (TPSA) is 20.2 Å². The van der Waals surface area contributed by atoms with Crippen LogP contribution < -0.4 is 0 Å². The van der Waals surface area contributed by atoms with E-state index >= 15 is 0 Å². The molecule has 1 N–H and O–H groups in total. The van der Waals surface area contributed by atoms with Crippen LogP contribution in [0.5, 0.6) is 0 Å². The van der Waals surface area contributed by atoms with Gasteiger partial charge in [0.1, 0.15) is 0 Å². The van der Waals surface area contributed by atoms with Gasteiger partial charge in [0.2, 0.25) is 0 Å². The minimum atomic E-state index is -0.195. The van der Waals surface area contributed by atoms with Crippen molar-refractivity contribution in [3.05, 3.63) is 0 Å². The molecule has 52 valence electrons. The lowest BCUT2D eigenvalue weighted by molar-refractivity contribution is -0.0720. The summed E-state index contributed by atoms with van der Waals surface area (Å²) in [4.78, 5) is 0. The van der Waals surface area contributed by atoms with Crippen LogP contribution >= 0.6 is 0 Å². The fourth-order valence-corrected chi connectivity index (χ4v) is 2.46. The fraction of sp³-hybridized carbons (Fsp3) is 1.00. The number of fused-ring (bicyclic) bond motifs is 1. The average molecular weight is 126 g/mol. The zero-order valence-corrected chi connectivity index (χ0v) is 5.93. The molecule has 0 spiro atoms. The summed E-state index contributed by atoms with van der Waals surface area (Å²) in [5, 5.41) is 9.72. The van der Waals surface area contributed by atoms with Gasteiger partial charge < -0.3 is 5.11 Å². The summed E-state index contributed by atoms with van der Waals surface area (Å²) < 4.78 is 0. The molecule has 9 heavy (non-hydrogen) atoms. The lowest BCUT2D eigenvalue weighted by atomic mass is 9.72. The molecule has 0 aromatic heterocycles. The minimum Gasteiger partial charge on any atom is -0.390 e. The molecule has 0 aromatic carbocycles. The number of hydrogen-bond donors (Lipinski definition) is 1. The van der Waals surface area contributed by atoms with E-state index in [-0.39, 0.29) is 5.60 Å². The Balaban J connectivity index is 2.12. The zero-order valence-electron chi connectivity index (χ0n) is 5.93. The van der Waals surface area contributed by atoms with Gasteiger partial charge >= 0.3 is 0 Å². The van der Waals surface area contributed by atoms with Crippen molar-refractivity contribution in [1.82, 2.24) is 0 Å². The first-order valence-electron chi connectivity index (χ1n) is 3.93. The molecule has 0 amide bonds. The highest BCUT2D eigenvalue weighted by Gasteiger charge is 2.50. The van der Waals surface area contributed by atoms with Crippen LogP contribution in [0.2, 0.25) is 0 Å². The molecule has 0 heterocycles. The Kier molecular flexibility index (Phi) is 0.963. The number of rotatable bonds is 0. The molecule has 0 aromatic rings. The van der Waals surface area contributed by atoms with Crippen LogP contribution in [0.15, 0.2) is 0 Å². The van der Waals surface area contributed by atoms with Gasteiger partial charge in [-0.15, -0.1) is 0 Å². The summed E-state index contributed by atoms with van der Waals surface area (Å²) >= 11 is 0. The Hall–Kier alpha value is -0.0400. The van der Waals surface area contributed by atoms with Crippen LogP contribution in [-0.4, -0.2) is 10.7 Å². The van der Waals surface area contributed by atoms with E-state index in [1.54, 1.807) is 0 Å². The van der Waals surface area contributed by atoms with E-state index in [4.69, 9.17) is 0 Å². The molecule has 2 fully saturated rings. The van der Waals surface area contributed by atoms with Crippen LogP contribution in [0, 0.1) is 11.8 Å². The van der Waals surface area contributed by atoms with Crippen molar-refractivity contribution in [2.45, 2.75) is 38.2 Å². The van der Waals surface area contributed by atoms with Gasteiger partial charge in [-0.2, -0.15) is 0 Å². The third-order valence-electron chi connectivity index (χ3n) is 3.07. The van der Waals surface area contributed by atoms with E-state index in [2.05, 4.69) is 6.92 Å². The Labute approximate surface area is 56.1 Å². The second kappa shape index (κ2) is 1.51. The third kappa shape index (κ3) is 0.644. The van der Waals surface area contributed by atoms with Gasteiger partial charge in [-0.1, -0.05) is 6.92 Å². The van der Waals surface area contributed by atoms with Crippen molar-refractivity contribution in [3.8, 4) is 0 Å². The standard InChI is InChI=1S/C8H14O/c1-6-4-7-2-3-8(7,9)5-6/h6-7,9H,2-5H2,1H3. The van der Waals surface area contributed by atoms with Crippen molar-refractivity contribution in [3.63, 3.8) is 0 Å². The molecule has 2 saturated carbocycles. The Morgan fingerprint density at radius 1 is 1.56 bits per heavy atom. The summed E-state index contributed by atoms with van der Waals surface area (Å²) in [6.07, 6.45) is 4.69. The summed E-state index contributed by atoms with van der Waals surface area (Å²) in [5.74, 6) is 1.45. The maximum atomic E-state index is 9.72. The maximum absolute atomic E-state index is 9.72. The molecule has 2 rings (SSSR count). The zero-order chi connectivity index (χ0) is 6.48. The average Bonchev–Trinajstić information content (AvgIpc) is 1.94. The first kappa shape index (κ1) is 5.72. The molecule has 1 heteroatoms. The normalized spacial score (nSPS) is 56.7.